The molecule has 3 aromatic rings. The maximum atomic E-state index is 12.3. The fraction of sp³-hybridized carbons (Fsp3) is 0.375. The molecule has 31 heavy (non-hydrogen) atoms. The van der Waals surface area contributed by atoms with E-state index in [0.29, 0.717) is 18.7 Å². The molecule has 0 bridgehead atoms. The number of anilines is 1. The lowest BCUT2D eigenvalue weighted by molar-refractivity contribution is -0.151. The number of nitrogens with one attached hydrogen (secondary N) is 1. The summed E-state index contributed by atoms with van der Waals surface area (Å²) in [5.41, 5.74) is 2.91. The summed E-state index contributed by atoms with van der Waals surface area (Å²) in [6.07, 6.45) is 3.19. The molecule has 1 N–H and O–H groups in total. The summed E-state index contributed by atoms with van der Waals surface area (Å²) in [5, 5.41) is 4.99. The van der Waals surface area contributed by atoms with Gasteiger partial charge in [-0.05, 0) is 44.0 Å². The van der Waals surface area contributed by atoms with E-state index < -0.39 is 11.9 Å². The standard InChI is InChI=1S/C24H27N3O4/c1-2-27-20-9-6-5-8-18(20)19-14-17(11-12-21(19)27)25-22(28)16-31-24(30)15-26-13-7-3-4-10-23(26)29/h5-6,8-9,11-12,14H,2-4,7,10,13,15-16H2,1H3,(H,25,28). The first kappa shape index (κ1) is 20.9. The van der Waals surface area contributed by atoms with Gasteiger partial charge in [0, 0.05) is 47.0 Å². The van der Waals surface area contributed by atoms with E-state index in [1.165, 1.54) is 4.90 Å². The minimum Gasteiger partial charge on any atom is -0.454 e. The third-order valence-corrected chi connectivity index (χ3v) is 5.73. The van der Waals surface area contributed by atoms with Gasteiger partial charge in [0.2, 0.25) is 5.91 Å². The Balaban J connectivity index is 1.39. The molecule has 0 saturated carbocycles. The number of aromatic nitrogens is 1. The molecule has 0 unspecified atom stereocenters. The molecule has 1 aromatic heterocycles. The van der Waals surface area contributed by atoms with Gasteiger partial charge in [0.15, 0.2) is 6.61 Å². The second kappa shape index (κ2) is 9.20. The lowest BCUT2D eigenvalue weighted by atomic mass is 10.1. The minimum absolute atomic E-state index is 0.0292. The number of carbonyl (C=O) groups is 3. The van der Waals surface area contributed by atoms with Gasteiger partial charge in [0.25, 0.3) is 5.91 Å². The number of hydrogen-bond acceptors (Lipinski definition) is 4. The fourth-order valence-corrected chi connectivity index (χ4v) is 4.22. The summed E-state index contributed by atoms with van der Waals surface area (Å²) in [5.74, 6) is -1.00. The van der Waals surface area contributed by atoms with Crippen LogP contribution in [0.1, 0.15) is 32.6 Å². The van der Waals surface area contributed by atoms with Crippen LogP contribution in [0.15, 0.2) is 42.5 Å². The lowest BCUT2D eigenvalue weighted by Crippen LogP contribution is -2.36. The van der Waals surface area contributed by atoms with Crippen LogP contribution in [0.4, 0.5) is 5.69 Å². The van der Waals surface area contributed by atoms with Gasteiger partial charge in [-0.2, -0.15) is 0 Å². The first-order valence-corrected chi connectivity index (χ1v) is 10.8. The number of para-hydroxylation sites is 1. The molecule has 1 aliphatic rings. The lowest BCUT2D eigenvalue weighted by Gasteiger charge is -2.19. The van der Waals surface area contributed by atoms with Gasteiger partial charge in [-0.25, -0.2) is 0 Å². The number of benzene rings is 2. The van der Waals surface area contributed by atoms with Crippen LogP contribution < -0.4 is 5.32 Å². The van der Waals surface area contributed by atoms with E-state index >= 15 is 0 Å². The van der Waals surface area contributed by atoms with Crippen molar-refractivity contribution in [2.24, 2.45) is 0 Å². The zero-order chi connectivity index (χ0) is 21.8. The highest BCUT2D eigenvalue weighted by Crippen LogP contribution is 2.30. The molecule has 7 heteroatoms. The van der Waals surface area contributed by atoms with Gasteiger partial charge in [-0.1, -0.05) is 24.6 Å². The van der Waals surface area contributed by atoms with Crippen molar-refractivity contribution in [1.29, 1.82) is 0 Å². The van der Waals surface area contributed by atoms with E-state index in [-0.39, 0.29) is 19.1 Å². The monoisotopic (exact) mass is 421 g/mol. The number of ether oxygens (including phenoxy) is 1. The molecular formula is C24H27N3O4. The zero-order valence-electron chi connectivity index (χ0n) is 17.7. The van der Waals surface area contributed by atoms with Crippen molar-refractivity contribution in [3.63, 3.8) is 0 Å². The molecule has 0 radical (unpaired) electrons. The SMILES string of the molecule is CCn1c2ccccc2c2cc(NC(=O)COC(=O)CN3CCCCCC3=O)ccc21. The first-order chi connectivity index (χ1) is 15.1. The van der Waals surface area contributed by atoms with Crippen molar-refractivity contribution in [3.8, 4) is 0 Å². The number of rotatable bonds is 6. The molecule has 0 spiro atoms. The van der Waals surface area contributed by atoms with E-state index in [0.717, 1.165) is 47.6 Å². The van der Waals surface area contributed by atoms with Crippen molar-refractivity contribution in [1.82, 2.24) is 9.47 Å². The molecule has 4 rings (SSSR count). The quantitative estimate of drug-likeness (QED) is 0.616. The van der Waals surface area contributed by atoms with Gasteiger partial charge in [0.1, 0.15) is 6.54 Å². The molecule has 1 saturated heterocycles. The molecule has 2 aromatic carbocycles. The molecule has 0 aliphatic carbocycles. The summed E-state index contributed by atoms with van der Waals surface area (Å²) in [6.45, 7) is 3.04. The number of likely N-dealkylation sites (tertiary alicyclic amines) is 1. The number of fused-ring (bicyclic) bond motifs is 3. The Labute approximate surface area is 180 Å². The van der Waals surface area contributed by atoms with Gasteiger partial charge < -0.3 is 19.5 Å². The van der Waals surface area contributed by atoms with Crippen LogP contribution in [0.2, 0.25) is 0 Å². The van der Waals surface area contributed by atoms with Crippen LogP contribution >= 0.6 is 0 Å². The zero-order valence-corrected chi connectivity index (χ0v) is 17.7. The molecule has 7 nitrogen and oxygen atoms in total. The van der Waals surface area contributed by atoms with Crippen molar-refractivity contribution in [2.45, 2.75) is 39.2 Å². The Bertz CT molecular complexity index is 1130. The Hall–Kier alpha value is -3.35. The van der Waals surface area contributed by atoms with Crippen LogP contribution in [-0.4, -0.2) is 46.9 Å². The number of nitrogens with zero attached hydrogens (tertiary/aromatic N) is 2. The van der Waals surface area contributed by atoms with Crippen LogP contribution in [0, 0.1) is 0 Å². The van der Waals surface area contributed by atoms with Crippen LogP contribution in [0.25, 0.3) is 21.8 Å². The molecular weight excluding hydrogens is 394 g/mol. The predicted molar refractivity (Wildman–Crippen MR) is 120 cm³/mol. The number of amides is 2. The van der Waals surface area contributed by atoms with E-state index in [1.54, 1.807) is 0 Å². The van der Waals surface area contributed by atoms with E-state index in [2.05, 4.69) is 28.9 Å². The number of esters is 1. The largest absolute Gasteiger partial charge is 0.454 e. The maximum Gasteiger partial charge on any atom is 0.326 e. The van der Waals surface area contributed by atoms with Crippen molar-refractivity contribution < 1.29 is 19.1 Å². The molecule has 0 atom stereocenters. The van der Waals surface area contributed by atoms with Crippen LogP contribution in [0.5, 0.6) is 0 Å². The maximum absolute atomic E-state index is 12.3. The van der Waals surface area contributed by atoms with Crippen molar-refractivity contribution in [2.75, 3.05) is 25.0 Å². The van der Waals surface area contributed by atoms with Gasteiger partial charge >= 0.3 is 5.97 Å². The predicted octanol–water partition coefficient (Wildman–Crippen LogP) is 3.70. The van der Waals surface area contributed by atoms with Crippen molar-refractivity contribution >= 4 is 45.3 Å². The molecule has 1 fully saturated rings. The summed E-state index contributed by atoms with van der Waals surface area (Å²) in [4.78, 5) is 37.9. The first-order valence-electron chi connectivity index (χ1n) is 10.8. The topological polar surface area (TPSA) is 80.6 Å². The van der Waals surface area contributed by atoms with E-state index in [9.17, 15) is 14.4 Å². The highest BCUT2D eigenvalue weighted by Gasteiger charge is 2.20. The molecule has 162 valence electrons. The van der Waals surface area contributed by atoms with Crippen LogP contribution in [0.3, 0.4) is 0 Å². The Kier molecular flexibility index (Phi) is 6.21. The Morgan fingerprint density at radius 3 is 2.68 bits per heavy atom. The fourth-order valence-electron chi connectivity index (χ4n) is 4.22. The average molecular weight is 421 g/mol. The number of aryl methyl sites for hydroxylation is 1. The number of hydrogen-bond donors (Lipinski definition) is 1. The molecule has 2 heterocycles. The normalized spacial score (nSPS) is 14.6. The van der Waals surface area contributed by atoms with Crippen molar-refractivity contribution in [3.05, 3.63) is 42.5 Å². The van der Waals surface area contributed by atoms with E-state index in [1.807, 2.05) is 30.3 Å². The highest BCUT2D eigenvalue weighted by molar-refractivity contribution is 6.09. The third kappa shape index (κ3) is 4.55. The smallest absolute Gasteiger partial charge is 0.326 e. The highest BCUT2D eigenvalue weighted by atomic mass is 16.5. The minimum atomic E-state index is -0.563. The van der Waals surface area contributed by atoms with Gasteiger partial charge in [-0.15, -0.1) is 0 Å². The summed E-state index contributed by atoms with van der Waals surface area (Å²) in [7, 11) is 0. The molecule has 2 amide bonds. The summed E-state index contributed by atoms with van der Waals surface area (Å²) >= 11 is 0. The Morgan fingerprint density at radius 2 is 1.84 bits per heavy atom. The Morgan fingerprint density at radius 1 is 1.03 bits per heavy atom. The van der Waals surface area contributed by atoms with Gasteiger partial charge in [-0.3, -0.25) is 14.4 Å². The number of carbonyl (C=O) groups excluding carboxylic acids is 3. The van der Waals surface area contributed by atoms with Gasteiger partial charge in [0.05, 0.1) is 0 Å². The third-order valence-electron chi connectivity index (χ3n) is 5.73. The van der Waals surface area contributed by atoms with Crippen LogP contribution in [-0.2, 0) is 25.7 Å². The van der Waals surface area contributed by atoms with E-state index in [4.69, 9.17) is 4.74 Å². The second-order valence-corrected chi connectivity index (χ2v) is 7.83. The molecule has 1 aliphatic heterocycles. The summed E-state index contributed by atoms with van der Waals surface area (Å²) in [6, 6.07) is 14.0. The average Bonchev–Trinajstić information content (AvgIpc) is 2.95. The second-order valence-electron chi connectivity index (χ2n) is 7.83. The summed E-state index contributed by atoms with van der Waals surface area (Å²) < 4.78 is 7.34.